The third-order valence-corrected chi connectivity index (χ3v) is 3.78. The highest BCUT2D eigenvalue weighted by molar-refractivity contribution is 6.00. The number of carbonyl (C=O) groups excluding carboxylic acids is 1. The predicted molar refractivity (Wildman–Crippen MR) is 100 cm³/mol. The van der Waals surface area contributed by atoms with Crippen molar-refractivity contribution < 1.29 is 14.5 Å². The molecule has 1 amide bonds. The molecule has 0 aliphatic carbocycles. The molecular formula is C19H23N3O4. The van der Waals surface area contributed by atoms with Crippen molar-refractivity contribution in [3.05, 3.63) is 69.8 Å². The van der Waals surface area contributed by atoms with Crippen LogP contribution in [0, 0.1) is 10.1 Å². The van der Waals surface area contributed by atoms with Crippen molar-refractivity contribution in [3.63, 3.8) is 0 Å². The lowest BCUT2D eigenvalue weighted by Gasteiger charge is -2.17. The molecule has 0 aliphatic rings. The Morgan fingerprint density at radius 2 is 1.92 bits per heavy atom. The number of nitro groups is 1. The molecule has 26 heavy (non-hydrogen) atoms. The SMILES string of the molecule is CN(C)c1ccc([N+](=O)[O-])cc1C(=O)NCCCOCc1ccccc1. The van der Waals surface area contributed by atoms with E-state index in [1.165, 1.54) is 12.1 Å². The molecule has 0 atom stereocenters. The number of nitro benzene ring substituents is 1. The van der Waals surface area contributed by atoms with Gasteiger partial charge in [-0.25, -0.2) is 0 Å². The maximum Gasteiger partial charge on any atom is 0.270 e. The van der Waals surface area contributed by atoms with E-state index in [4.69, 9.17) is 4.74 Å². The van der Waals surface area contributed by atoms with E-state index in [2.05, 4.69) is 5.32 Å². The van der Waals surface area contributed by atoms with Crippen molar-refractivity contribution in [1.29, 1.82) is 0 Å². The standard InChI is InChI=1S/C19H23N3O4/c1-21(2)18-10-9-16(22(24)25)13-17(18)19(23)20-11-6-12-26-14-15-7-4-3-5-8-15/h3-5,7-10,13H,6,11-12,14H2,1-2H3,(H,20,23). The third kappa shape index (κ3) is 5.56. The molecule has 2 aromatic rings. The van der Waals surface area contributed by atoms with Crippen LogP contribution in [0.25, 0.3) is 0 Å². The minimum atomic E-state index is -0.506. The van der Waals surface area contributed by atoms with Gasteiger partial charge in [0.1, 0.15) is 0 Å². The molecule has 2 aromatic carbocycles. The Labute approximate surface area is 152 Å². The first-order valence-electron chi connectivity index (χ1n) is 8.34. The van der Waals surface area contributed by atoms with Gasteiger partial charge in [-0.15, -0.1) is 0 Å². The maximum absolute atomic E-state index is 12.4. The number of nitrogens with one attached hydrogen (secondary N) is 1. The minimum Gasteiger partial charge on any atom is -0.377 e. The summed E-state index contributed by atoms with van der Waals surface area (Å²) in [4.78, 5) is 24.6. The van der Waals surface area contributed by atoms with Crippen molar-refractivity contribution in [3.8, 4) is 0 Å². The summed E-state index contributed by atoms with van der Waals surface area (Å²) >= 11 is 0. The van der Waals surface area contributed by atoms with E-state index in [1.54, 1.807) is 25.1 Å². The summed E-state index contributed by atoms with van der Waals surface area (Å²) in [6, 6.07) is 14.1. The summed E-state index contributed by atoms with van der Waals surface area (Å²) in [6.07, 6.45) is 0.658. The van der Waals surface area contributed by atoms with Crippen LogP contribution in [-0.4, -0.2) is 38.1 Å². The Balaban J connectivity index is 1.83. The fraction of sp³-hybridized carbons (Fsp3) is 0.316. The summed E-state index contributed by atoms with van der Waals surface area (Å²) in [5.74, 6) is -0.333. The summed E-state index contributed by atoms with van der Waals surface area (Å²) in [5.41, 5.74) is 1.92. The fourth-order valence-corrected chi connectivity index (χ4v) is 2.45. The lowest BCUT2D eigenvalue weighted by atomic mass is 10.1. The van der Waals surface area contributed by atoms with Crippen LogP contribution in [0.5, 0.6) is 0 Å². The molecule has 0 spiro atoms. The van der Waals surface area contributed by atoms with E-state index in [1.807, 2.05) is 30.3 Å². The van der Waals surface area contributed by atoms with Crippen molar-refractivity contribution in [1.82, 2.24) is 5.32 Å². The number of rotatable bonds is 9. The third-order valence-electron chi connectivity index (χ3n) is 3.78. The molecular weight excluding hydrogens is 334 g/mol. The predicted octanol–water partition coefficient (Wildman–Crippen LogP) is 3.00. The number of ether oxygens (including phenoxy) is 1. The van der Waals surface area contributed by atoms with E-state index in [0.717, 1.165) is 5.56 Å². The van der Waals surface area contributed by atoms with Crippen LogP contribution in [0.3, 0.4) is 0 Å². The van der Waals surface area contributed by atoms with E-state index in [9.17, 15) is 14.9 Å². The first-order valence-corrected chi connectivity index (χ1v) is 8.34. The van der Waals surface area contributed by atoms with Gasteiger partial charge in [0.15, 0.2) is 0 Å². The highest BCUT2D eigenvalue weighted by atomic mass is 16.6. The van der Waals surface area contributed by atoms with Crippen molar-refractivity contribution in [2.45, 2.75) is 13.0 Å². The van der Waals surface area contributed by atoms with Gasteiger partial charge in [0, 0.05) is 45.1 Å². The van der Waals surface area contributed by atoms with Gasteiger partial charge in [-0.3, -0.25) is 14.9 Å². The molecule has 7 heteroatoms. The summed E-state index contributed by atoms with van der Waals surface area (Å²) in [7, 11) is 3.57. The van der Waals surface area contributed by atoms with Crippen LogP contribution in [0.4, 0.5) is 11.4 Å². The van der Waals surface area contributed by atoms with E-state index in [0.29, 0.717) is 31.9 Å². The maximum atomic E-state index is 12.4. The Morgan fingerprint density at radius 1 is 1.19 bits per heavy atom. The number of benzene rings is 2. The summed E-state index contributed by atoms with van der Waals surface area (Å²) in [5, 5.41) is 13.7. The molecule has 0 bridgehead atoms. The average Bonchev–Trinajstić information content (AvgIpc) is 2.64. The Morgan fingerprint density at radius 3 is 2.58 bits per heavy atom. The Bertz CT molecular complexity index is 748. The number of non-ortho nitro benzene ring substituents is 1. The normalized spacial score (nSPS) is 10.4. The molecule has 0 aliphatic heterocycles. The molecule has 0 aromatic heterocycles. The molecule has 1 N–H and O–H groups in total. The number of nitrogens with zero attached hydrogens (tertiary/aromatic N) is 2. The van der Waals surface area contributed by atoms with Crippen LogP contribution >= 0.6 is 0 Å². The molecule has 0 unspecified atom stereocenters. The van der Waals surface area contributed by atoms with Gasteiger partial charge in [0.25, 0.3) is 11.6 Å². The second-order valence-corrected chi connectivity index (χ2v) is 6.00. The van der Waals surface area contributed by atoms with Crippen molar-refractivity contribution >= 4 is 17.3 Å². The summed E-state index contributed by atoms with van der Waals surface area (Å²) < 4.78 is 5.57. The van der Waals surface area contributed by atoms with Gasteiger partial charge in [0.2, 0.25) is 0 Å². The van der Waals surface area contributed by atoms with Gasteiger partial charge in [0.05, 0.1) is 17.1 Å². The number of hydrogen-bond acceptors (Lipinski definition) is 5. The monoisotopic (exact) mass is 357 g/mol. The number of carbonyl (C=O) groups is 1. The zero-order valence-corrected chi connectivity index (χ0v) is 15.0. The number of hydrogen-bond donors (Lipinski definition) is 1. The molecule has 0 fully saturated rings. The summed E-state index contributed by atoms with van der Waals surface area (Å²) in [6.45, 7) is 1.48. The second kappa shape index (κ2) is 9.53. The topological polar surface area (TPSA) is 84.7 Å². The van der Waals surface area contributed by atoms with E-state index < -0.39 is 4.92 Å². The van der Waals surface area contributed by atoms with Crippen LogP contribution < -0.4 is 10.2 Å². The van der Waals surface area contributed by atoms with Gasteiger partial charge in [-0.05, 0) is 18.1 Å². The molecule has 0 heterocycles. The highest BCUT2D eigenvalue weighted by Gasteiger charge is 2.17. The van der Waals surface area contributed by atoms with E-state index in [-0.39, 0.29) is 17.2 Å². The first kappa shape index (κ1) is 19.4. The van der Waals surface area contributed by atoms with Crippen molar-refractivity contribution in [2.75, 3.05) is 32.1 Å². The molecule has 0 saturated carbocycles. The van der Waals surface area contributed by atoms with Gasteiger partial charge in [-0.1, -0.05) is 30.3 Å². The largest absolute Gasteiger partial charge is 0.377 e. The lowest BCUT2D eigenvalue weighted by molar-refractivity contribution is -0.384. The van der Waals surface area contributed by atoms with Crippen LogP contribution in [0.1, 0.15) is 22.3 Å². The minimum absolute atomic E-state index is 0.105. The Hall–Kier alpha value is -2.93. The fourth-order valence-electron chi connectivity index (χ4n) is 2.45. The van der Waals surface area contributed by atoms with Crippen LogP contribution in [0.2, 0.25) is 0 Å². The van der Waals surface area contributed by atoms with E-state index >= 15 is 0 Å². The molecule has 2 rings (SSSR count). The van der Waals surface area contributed by atoms with Gasteiger partial charge in [-0.2, -0.15) is 0 Å². The van der Waals surface area contributed by atoms with Gasteiger partial charge >= 0.3 is 0 Å². The molecule has 7 nitrogen and oxygen atoms in total. The molecule has 0 radical (unpaired) electrons. The van der Waals surface area contributed by atoms with Crippen LogP contribution in [0.15, 0.2) is 48.5 Å². The zero-order valence-electron chi connectivity index (χ0n) is 15.0. The number of amides is 1. The molecule has 0 saturated heterocycles. The van der Waals surface area contributed by atoms with Gasteiger partial charge < -0.3 is 15.0 Å². The highest BCUT2D eigenvalue weighted by Crippen LogP contribution is 2.24. The van der Waals surface area contributed by atoms with Crippen LogP contribution in [-0.2, 0) is 11.3 Å². The first-order chi connectivity index (χ1) is 12.5. The average molecular weight is 357 g/mol. The lowest BCUT2D eigenvalue weighted by Crippen LogP contribution is -2.27. The Kier molecular flexibility index (Phi) is 7.11. The quantitative estimate of drug-likeness (QED) is 0.424. The van der Waals surface area contributed by atoms with Crippen molar-refractivity contribution in [2.24, 2.45) is 0 Å². The number of anilines is 1. The second-order valence-electron chi connectivity index (χ2n) is 6.00. The smallest absolute Gasteiger partial charge is 0.270 e. The zero-order chi connectivity index (χ0) is 18.9. The molecule has 138 valence electrons.